The predicted molar refractivity (Wildman–Crippen MR) is 109 cm³/mol. The molecule has 2 aromatic heterocycles. The first kappa shape index (κ1) is 18.7. The quantitative estimate of drug-likeness (QED) is 0.687. The van der Waals surface area contributed by atoms with Crippen LogP contribution in [0.5, 0.6) is 0 Å². The third kappa shape index (κ3) is 3.68. The Labute approximate surface area is 165 Å². The van der Waals surface area contributed by atoms with E-state index in [1.807, 2.05) is 36.6 Å². The van der Waals surface area contributed by atoms with Crippen molar-refractivity contribution in [2.24, 2.45) is 7.05 Å². The highest BCUT2D eigenvalue weighted by molar-refractivity contribution is 5.82. The molecule has 0 spiro atoms. The Bertz CT molecular complexity index is 959. The van der Waals surface area contributed by atoms with E-state index in [2.05, 4.69) is 56.9 Å². The summed E-state index contributed by atoms with van der Waals surface area (Å²) in [4.78, 5) is 19.4. The van der Waals surface area contributed by atoms with E-state index in [1.54, 1.807) is 6.20 Å². The lowest BCUT2D eigenvalue weighted by atomic mass is 10.1. The number of nitrogens with one attached hydrogen (secondary N) is 2. The fourth-order valence-electron chi connectivity index (χ4n) is 3.86. The van der Waals surface area contributed by atoms with Crippen molar-refractivity contribution in [3.63, 3.8) is 0 Å². The molecule has 2 unspecified atom stereocenters. The smallest absolute Gasteiger partial charge is 0.241 e. The molecule has 1 aliphatic rings. The second-order valence-electron chi connectivity index (χ2n) is 7.82. The Morgan fingerprint density at radius 2 is 2.07 bits per heavy atom. The van der Waals surface area contributed by atoms with E-state index in [9.17, 15) is 4.79 Å². The van der Waals surface area contributed by atoms with Crippen molar-refractivity contribution in [3.05, 3.63) is 54.7 Å². The van der Waals surface area contributed by atoms with Gasteiger partial charge in [0.15, 0.2) is 0 Å². The number of aromatic nitrogens is 3. The van der Waals surface area contributed by atoms with Crippen molar-refractivity contribution in [3.8, 4) is 0 Å². The standard InChI is InChI=1S/C21H28N6O/c1-15(2)27(14-20-22-9-11-25(20)3)21(28)18-12-17(23-24-18)13-26-10-8-16-6-4-5-7-19(16)26/h4-11,15,17-18,23-24H,12-14H2,1-3H3. The fourth-order valence-corrected chi connectivity index (χ4v) is 3.86. The lowest BCUT2D eigenvalue weighted by Gasteiger charge is -2.29. The van der Waals surface area contributed by atoms with Crippen LogP contribution in [0.15, 0.2) is 48.9 Å². The number of para-hydroxylation sites is 1. The van der Waals surface area contributed by atoms with Crippen LogP contribution in [0.3, 0.4) is 0 Å². The molecule has 1 saturated heterocycles. The molecule has 0 aliphatic carbocycles. The molecule has 3 heterocycles. The number of nitrogens with zero attached hydrogens (tertiary/aromatic N) is 4. The first-order valence-electron chi connectivity index (χ1n) is 9.84. The SMILES string of the molecule is CC(C)N(Cc1nccn1C)C(=O)C1CC(Cn2ccc3ccccc32)NN1. The summed E-state index contributed by atoms with van der Waals surface area (Å²) in [5, 5.41) is 1.24. The van der Waals surface area contributed by atoms with Crippen molar-refractivity contribution in [2.45, 2.75) is 51.5 Å². The molecule has 3 aromatic rings. The van der Waals surface area contributed by atoms with E-state index < -0.39 is 0 Å². The zero-order valence-corrected chi connectivity index (χ0v) is 16.7. The van der Waals surface area contributed by atoms with Crippen LogP contribution >= 0.6 is 0 Å². The highest BCUT2D eigenvalue weighted by Crippen LogP contribution is 2.19. The van der Waals surface area contributed by atoms with Crippen LogP contribution in [0.1, 0.15) is 26.1 Å². The third-order valence-corrected chi connectivity index (χ3v) is 5.52. The van der Waals surface area contributed by atoms with Crippen LogP contribution < -0.4 is 10.9 Å². The number of fused-ring (bicyclic) bond motifs is 1. The molecule has 1 fully saturated rings. The minimum absolute atomic E-state index is 0.110. The van der Waals surface area contributed by atoms with Gasteiger partial charge in [-0.3, -0.25) is 10.2 Å². The van der Waals surface area contributed by atoms with Gasteiger partial charge >= 0.3 is 0 Å². The number of hydrazine groups is 1. The highest BCUT2D eigenvalue weighted by Gasteiger charge is 2.33. The van der Waals surface area contributed by atoms with Gasteiger partial charge in [-0.2, -0.15) is 0 Å². The molecule has 0 saturated carbocycles. The molecule has 1 aliphatic heterocycles. The minimum Gasteiger partial charge on any atom is -0.346 e. The topological polar surface area (TPSA) is 67.1 Å². The van der Waals surface area contributed by atoms with Crippen LogP contribution in [0, 0.1) is 0 Å². The number of benzene rings is 1. The molecule has 28 heavy (non-hydrogen) atoms. The zero-order valence-electron chi connectivity index (χ0n) is 16.7. The molecule has 1 aromatic carbocycles. The van der Waals surface area contributed by atoms with Crippen LogP contribution in [0.4, 0.5) is 0 Å². The van der Waals surface area contributed by atoms with E-state index in [-0.39, 0.29) is 24.0 Å². The number of rotatable bonds is 6. The molecular formula is C21H28N6O. The van der Waals surface area contributed by atoms with Gasteiger partial charge in [0.25, 0.3) is 0 Å². The van der Waals surface area contributed by atoms with Crippen LogP contribution in [-0.2, 0) is 24.9 Å². The molecule has 7 nitrogen and oxygen atoms in total. The summed E-state index contributed by atoms with van der Waals surface area (Å²) < 4.78 is 4.21. The predicted octanol–water partition coefficient (Wildman–Crippen LogP) is 2.05. The lowest BCUT2D eigenvalue weighted by Crippen LogP contribution is -2.48. The monoisotopic (exact) mass is 380 g/mol. The highest BCUT2D eigenvalue weighted by atomic mass is 16.2. The van der Waals surface area contributed by atoms with Gasteiger partial charge in [0.1, 0.15) is 11.9 Å². The number of hydrogen-bond acceptors (Lipinski definition) is 4. The normalized spacial score (nSPS) is 19.6. The Balaban J connectivity index is 1.42. The molecule has 148 valence electrons. The van der Waals surface area contributed by atoms with Gasteiger partial charge in [-0.25, -0.2) is 10.4 Å². The van der Waals surface area contributed by atoms with Crippen molar-refractivity contribution in [2.75, 3.05) is 0 Å². The average Bonchev–Trinajstić information content (AvgIpc) is 3.40. The second-order valence-corrected chi connectivity index (χ2v) is 7.82. The van der Waals surface area contributed by atoms with Gasteiger partial charge in [0.2, 0.25) is 5.91 Å². The molecule has 0 radical (unpaired) electrons. The molecule has 2 N–H and O–H groups in total. The van der Waals surface area contributed by atoms with Crippen LogP contribution in [0.2, 0.25) is 0 Å². The van der Waals surface area contributed by atoms with Crippen molar-refractivity contribution < 1.29 is 4.79 Å². The van der Waals surface area contributed by atoms with Gasteiger partial charge in [0, 0.05) is 49.8 Å². The summed E-state index contributed by atoms with van der Waals surface area (Å²) in [6.07, 6.45) is 6.55. The second kappa shape index (κ2) is 7.77. The van der Waals surface area contributed by atoms with Crippen molar-refractivity contribution in [1.29, 1.82) is 0 Å². The minimum atomic E-state index is -0.227. The number of imidazole rings is 1. The summed E-state index contributed by atoms with van der Waals surface area (Å²) in [7, 11) is 1.96. The van der Waals surface area contributed by atoms with Crippen molar-refractivity contribution in [1.82, 2.24) is 29.9 Å². The van der Waals surface area contributed by atoms with Gasteiger partial charge in [-0.05, 0) is 37.8 Å². The number of aryl methyl sites for hydroxylation is 1. The molecule has 4 rings (SSSR count). The van der Waals surface area contributed by atoms with Gasteiger partial charge < -0.3 is 14.0 Å². The van der Waals surface area contributed by atoms with Gasteiger partial charge in [0.05, 0.1) is 6.54 Å². The maximum Gasteiger partial charge on any atom is 0.241 e. The molecule has 7 heteroatoms. The van der Waals surface area contributed by atoms with E-state index in [4.69, 9.17) is 0 Å². The third-order valence-electron chi connectivity index (χ3n) is 5.52. The fraction of sp³-hybridized carbons (Fsp3) is 0.429. The number of carbonyl (C=O) groups is 1. The van der Waals surface area contributed by atoms with Crippen molar-refractivity contribution >= 4 is 16.8 Å². The van der Waals surface area contributed by atoms with E-state index >= 15 is 0 Å². The Hall–Kier alpha value is -2.64. The van der Waals surface area contributed by atoms with Crippen LogP contribution in [0.25, 0.3) is 10.9 Å². The average molecular weight is 380 g/mol. The number of carbonyl (C=O) groups excluding carboxylic acids is 1. The Morgan fingerprint density at radius 1 is 1.25 bits per heavy atom. The zero-order chi connectivity index (χ0) is 19.7. The number of hydrogen-bond donors (Lipinski definition) is 2. The maximum absolute atomic E-state index is 13.2. The Kier molecular flexibility index (Phi) is 5.19. The van der Waals surface area contributed by atoms with Gasteiger partial charge in [-0.15, -0.1) is 0 Å². The maximum atomic E-state index is 13.2. The Morgan fingerprint density at radius 3 is 2.82 bits per heavy atom. The molecular weight excluding hydrogens is 352 g/mol. The van der Waals surface area contributed by atoms with E-state index in [1.165, 1.54) is 10.9 Å². The van der Waals surface area contributed by atoms with Gasteiger partial charge in [-0.1, -0.05) is 18.2 Å². The first-order chi connectivity index (χ1) is 13.5. The largest absolute Gasteiger partial charge is 0.346 e. The lowest BCUT2D eigenvalue weighted by molar-refractivity contribution is -0.135. The number of amides is 1. The summed E-state index contributed by atoms with van der Waals surface area (Å²) in [6.45, 7) is 5.44. The summed E-state index contributed by atoms with van der Waals surface area (Å²) in [5.41, 5.74) is 7.75. The van der Waals surface area contributed by atoms with E-state index in [0.29, 0.717) is 6.54 Å². The first-order valence-corrected chi connectivity index (χ1v) is 9.84. The molecule has 2 atom stereocenters. The summed E-state index contributed by atoms with van der Waals surface area (Å²) >= 11 is 0. The van der Waals surface area contributed by atoms with Crippen LogP contribution in [-0.4, -0.2) is 43.1 Å². The summed E-state index contributed by atoms with van der Waals surface area (Å²) in [5.74, 6) is 1.01. The molecule has 1 amide bonds. The summed E-state index contributed by atoms with van der Waals surface area (Å²) in [6, 6.07) is 10.6. The van der Waals surface area contributed by atoms with E-state index in [0.717, 1.165) is 18.8 Å². The molecule has 0 bridgehead atoms.